The average molecular weight is 380 g/mol. The Morgan fingerprint density at radius 1 is 1.38 bits per heavy atom. The lowest BCUT2D eigenvalue weighted by atomic mass is 9.91. The monoisotopic (exact) mass is 379 g/mol. The normalized spacial score (nSPS) is 22.6. The number of rotatable bonds is 4. The summed E-state index contributed by atoms with van der Waals surface area (Å²) in [6.07, 6.45) is 1.53. The van der Waals surface area contributed by atoms with Gasteiger partial charge in [0.05, 0.1) is 23.2 Å². The van der Waals surface area contributed by atoms with E-state index in [1.54, 1.807) is 19.9 Å². The quantitative estimate of drug-likeness (QED) is 0.593. The summed E-state index contributed by atoms with van der Waals surface area (Å²) < 4.78 is 5.21. The number of esters is 1. The third-order valence-electron chi connectivity index (χ3n) is 4.85. The zero-order valence-corrected chi connectivity index (χ0v) is 15.9. The fourth-order valence-electron chi connectivity index (χ4n) is 3.42. The number of hydrogen-bond donors (Lipinski definition) is 0. The van der Waals surface area contributed by atoms with E-state index < -0.39 is 12.1 Å². The second-order valence-electron chi connectivity index (χ2n) is 6.75. The number of carbonyl (C=O) groups excluding carboxylic acids is 3. The van der Waals surface area contributed by atoms with Crippen molar-refractivity contribution in [2.75, 3.05) is 18.1 Å². The van der Waals surface area contributed by atoms with Crippen LogP contribution in [-0.4, -0.2) is 47.0 Å². The molecule has 140 valence electrons. The van der Waals surface area contributed by atoms with E-state index >= 15 is 0 Å². The second kappa shape index (κ2) is 7.23. The molecule has 0 bridgehead atoms. The summed E-state index contributed by atoms with van der Waals surface area (Å²) in [7, 11) is 0. The predicted molar refractivity (Wildman–Crippen MR) is 96.1 cm³/mol. The number of hydrogen-bond acceptors (Lipinski definition) is 5. The summed E-state index contributed by atoms with van der Waals surface area (Å²) >= 11 is 6.07. The number of piperidine rings is 1. The first-order chi connectivity index (χ1) is 12.3. The maximum atomic E-state index is 12.9. The molecule has 3 rings (SSSR count). The van der Waals surface area contributed by atoms with Gasteiger partial charge in [0, 0.05) is 6.54 Å². The van der Waals surface area contributed by atoms with E-state index in [1.807, 2.05) is 6.92 Å². The van der Waals surface area contributed by atoms with Crippen LogP contribution >= 0.6 is 11.6 Å². The molecule has 2 aliphatic rings. The zero-order valence-electron chi connectivity index (χ0n) is 15.1. The summed E-state index contributed by atoms with van der Waals surface area (Å²) in [6.45, 7) is 6.13. The molecule has 2 fully saturated rings. The number of urea groups is 1. The SMILES string of the molecule is CCCOC(=O)C1CCN2C(=O)N(c3nc(C)c(Cl)cc3C)C(=O)C2C1. The number of halogens is 1. The molecule has 0 spiro atoms. The number of amides is 3. The van der Waals surface area contributed by atoms with Crippen LogP contribution in [0.1, 0.15) is 37.4 Å². The minimum atomic E-state index is -0.646. The van der Waals surface area contributed by atoms with Gasteiger partial charge in [0.1, 0.15) is 11.9 Å². The fourth-order valence-corrected chi connectivity index (χ4v) is 3.62. The zero-order chi connectivity index (χ0) is 19.0. The van der Waals surface area contributed by atoms with Gasteiger partial charge in [-0.05, 0) is 44.7 Å². The lowest BCUT2D eigenvalue weighted by Crippen LogP contribution is -2.44. The van der Waals surface area contributed by atoms with E-state index in [0.717, 1.165) is 11.3 Å². The van der Waals surface area contributed by atoms with Crippen molar-refractivity contribution in [3.05, 3.63) is 22.3 Å². The van der Waals surface area contributed by atoms with Gasteiger partial charge in [0.15, 0.2) is 0 Å². The van der Waals surface area contributed by atoms with Crippen molar-refractivity contribution in [1.82, 2.24) is 9.88 Å². The van der Waals surface area contributed by atoms with Crippen molar-refractivity contribution < 1.29 is 19.1 Å². The Kier molecular flexibility index (Phi) is 5.18. The molecule has 7 nitrogen and oxygen atoms in total. The Labute approximate surface area is 157 Å². The Morgan fingerprint density at radius 2 is 2.12 bits per heavy atom. The van der Waals surface area contributed by atoms with E-state index in [4.69, 9.17) is 16.3 Å². The van der Waals surface area contributed by atoms with Crippen molar-refractivity contribution in [3.8, 4) is 0 Å². The van der Waals surface area contributed by atoms with Gasteiger partial charge in [-0.2, -0.15) is 0 Å². The molecule has 2 aliphatic heterocycles. The highest BCUT2D eigenvalue weighted by molar-refractivity contribution is 6.31. The summed E-state index contributed by atoms with van der Waals surface area (Å²) in [4.78, 5) is 44.8. The molecule has 1 aromatic heterocycles. The number of anilines is 1. The van der Waals surface area contributed by atoms with Crippen LogP contribution in [0.15, 0.2) is 6.07 Å². The van der Waals surface area contributed by atoms with Gasteiger partial charge in [-0.15, -0.1) is 0 Å². The molecule has 3 amide bonds. The molecule has 0 radical (unpaired) electrons. The number of aromatic nitrogens is 1. The molecule has 0 N–H and O–H groups in total. The summed E-state index contributed by atoms with van der Waals surface area (Å²) in [6, 6.07) is 0.660. The highest BCUT2D eigenvalue weighted by Crippen LogP contribution is 2.35. The number of fused-ring (bicyclic) bond motifs is 1. The van der Waals surface area contributed by atoms with Gasteiger partial charge in [0.2, 0.25) is 0 Å². The number of aryl methyl sites for hydroxylation is 2. The Hall–Kier alpha value is -2.15. The molecule has 2 unspecified atom stereocenters. The van der Waals surface area contributed by atoms with Crippen LogP contribution in [0.2, 0.25) is 5.02 Å². The molecule has 26 heavy (non-hydrogen) atoms. The molecule has 2 saturated heterocycles. The lowest BCUT2D eigenvalue weighted by Gasteiger charge is -2.31. The molecular formula is C18H22ClN3O4. The van der Waals surface area contributed by atoms with Gasteiger partial charge in [-0.25, -0.2) is 14.7 Å². The predicted octanol–water partition coefficient (Wildman–Crippen LogP) is 2.85. The number of nitrogens with zero attached hydrogens (tertiary/aromatic N) is 3. The van der Waals surface area contributed by atoms with Crippen LogP contribution in [0.4, 0.5) is 10.6 Å². The molecule has 0 saturated carbocycles. The topological polar surface area (TPSA) is 79.8 Å². The van der Waals surface area contributed by atoms with Crippen molar-refractivity contribution in [2.24, 2.45) is 5.92 Å². The molecule has 0 aromatic carbocycles. The first-order valence-corrected chi connectivity index (χ1v) is 9.17. The van der Waals surface area contributed by atoms with Crippen LogP contribution in [0.25, 0.3) is 0 Å². The molecule has 1 aromatic rings. The minimum Gasteiger partial charge on any atom is -0.465 e. The Bertz CT molecular complexity index is 767. The minimum absolute atomic E-state index is 0.287. The van der Waals surface area contributed by atoms with E-state index in [9.17, 15) is 14.4 Å². The van der Waals surface area contributed by atoms with Crippen molar-refractivity contribution in [2.45, 2.75) is 46.1 Å². The van der Waals surface area contributed by atoms with Gasteiger partial charge in [-0.3, -0.25) is 9.59 Å². The van der Waals surface area contributed by atoms with E-state index in [-0.39, 0.29) is 24.2 Å². The van der Waals surface area contributed by atoms with Gasteiger partial charge >= 0.3 is 12.0 Å². The van der Waals surface area contributed by atoms with Crippen LogP contribution in [0.3, 0.4) is 0 Å². The number of carbonyl (C=O) groups is 3. The number of pyridine rings is 1. The van der Waals surface area contributed by atoms with Gasteiger partial charge in [-0.1, -0.05) is 18.5 Å². The third-order valence-corrected chi connectivity index (χ3v) is 5.24. The molecular weight excluding hydrogens is 358 g/mol. The third kappa shape index (κ3) is 3.16. The Balaban J connectivity index is 1.83. The fraction of sp³-hybridized carbons (Fsp3) is 0.556. The molecule has 0 aliphatic carbocycles. The van der Waals surface area contributed by atoms with Crippen LogP contribution in [0.5, 0.6) is 0 Å². The summed E-state index contributed by atoms with van der Waals surface area (Å²) in [5.41, 5.74) is 1.21. The maximum absolute atomic E-state index is 12.9. The maximum Gasteiger partial charge on any atom is 0.333 e. The molecule has 3 heterocycles. The lowest BCUT2D eigenvalue weighted by molar-refractivity contribution is -0.150. The highest BCUT2D eigenvalue weighted by Gasteiger charge is 2.50. The van der Waals surface area contributed by atoms with Gasteiger partial charge in [0.25, 0.3) is 5.91 Å². The van der Waals surface area contributed by atoms with Crippen molar-refractivity contribution in [1.29, 1.82) is 0 Å². The molecule has 8 heteroatoms. The van der Waals surface area contributed by atoms with E-state index in [0.29, 0.717) is 41.7 Å². The smallest absolute Gasteiger partial charge is 0.333 e. The van der Waals surface area contributed by atoms with E-state index in [1.165, 1.54) is 4.90 Å². The number of ether oxygens (including phenoxy) is 1. The second-order valence-corrected chi connectivity index (χ2v) is 7.16. The Morgan fingerprint density at radius 3 is 2.81 bits per heavy atom. The number of imide groups is 1. The van der Waals surface area contributed by atoms with Gasteiger partial charge < -0.3 is 9.64 Å². The van der Waals surface area contributed by atoms with Crippen molar-refractivity contribution in [3.63, 3.8) is 0 Å². The van der Waals surface area contributed by atoms with Crippen LogP contribution in [-0.2, 0) is 14.3 Å². The average Bonchev–Trinajstić information content (AvgIpc) is 2.86. The van der Waals surface area contributed by atoms with Crippen LogP contribution in [0, 0.1) is 19.8 Å². The van der Waals surface area contributed by atoms with Crippen LogP contribution < -0.4 is 4.90 Å². The van der Waals surface area contributed by atoms with Crippen molar-refractivity contribution >= 4 is 35.3 Å². The van der Waals surface area contributed by atoms with E-state index in [2.05, 4.69) is 4.98 Å². The standard InChI is InChI=1S/C18H22ClN3O4/c1-4-7-26-17(24)12-5-6-21-14(9-12)16(23)22(18(21)25)15-10(2)8-13(19)11(3)20-15/h8,12,14H,4-7,9H2,1-3H3. The summed E-state index contributed by atoms with van der Waals surface area (Å²) in [5, 5.41) is 0.488. The molecule has 2 atom stereocenters. The largest absolute Gasteiger partial charge is 0.465 e. The summed E-state index contributed by atoms with van der Waals surface area (Å²) in [5.74, 6) is -0.691. The highest BCUT2D eigenvalue weighted by atomic mass is 35.5. The first-order valence-electron chi connectivity index (χ1n) is 8.80. The first kappa shape index (κ1) is 18.6.